The van der Waals surface area contributed by atoms with Gasteiger partial charge in [0, 0.05) is 43.0 Å². The number of nitrogens with zero attached hydrogens (tertiary/aromatic N) is 1. The van der Waals surface area contributed by atoms with Gasteiger partial charge < -0.3 is 20.5 Å². The summed E-state index contributed by atoms with van der Waals surface area (Å²) in [5.74, 6) is -3.25. The Bertz CT molecular complexity index is 1370. The molecule has 1 aliphatic heterocycles. The first kappa shape index (κ1) is 36.3. The number of hydrogen-bond donors (Lipinski definition) is 3. The van der Waals surface area contributed by atoms with Gasteiger partial charge in [-0.15, -0.1) is 0 Å². The summed E-state index contributed by atoms with van der Waals surface area (Å²) in [5, 5.41) is 12.5. The monoisotopic (exact) mass is 623 g/mol. The molecule has 2 aliphatic rings. The second-order valence-electron chi connectivity index (χ2n) is 10.0. The van der Waals surface area contributed by atoms with Crippen molar-refractivity contribution in [3.63, 3.8) is 0 Å². The number of carbonyl (C=O) groups is 2. The van der Waals surface area contributed by atoms with Crippen LogP contribution >= 0.6 is 0 Å². The molecule has 12 heteroatoms. The van der Waals surface area contributed by atoms with E-state index in [1.165, 1.54) is 43.4 Å². The Morgan fingerprint density at radius 2 is 1.82 bits per heavy atom. The lowest BCUT2D eigenvalue weighted by molar-refractivity contribution is -0.0577. The molecule has 2 unspecified atom stereocenters. The van der Waals surface area contributed by atoms with Crippen LogP contribution in [0.25, 0.3) is 11.1 Å². The number of ether oxygens (including phenoxy) is 1. The standard InChI is InChI=1S/C16H11F2NO2.C15H23F3N2O.CH4O/c1-19-15(21)10-3-5-12-11-4-2-9(8-20)6-13(11)16(17,18)14(12)7-10;1-4-11(3)9-14(19-12-7-6-8-21-10-12)20-13(5-2)15(16,17)18;1-2/h2-8H,1H3,(H,19,21);5,9,11-12,19H,2,4,6-8,10H2,1,3H3;2H,1H3/b;14-9-,20-13+;. The van der Waals surface area contributed by atoms with Crippen LogP contribution in [0.5, 0.6) is 0 Å². The van der Waals surface area contributed by atoms with E-state index < -0.39 is 23.7 Å². The van der Waals surface area contributed by atoms with Crippen LogP contribution in [0.15, 0.2) is 65.9 Å². The van der Waals surface area contributed by atoms with Crippen molar-refractivity contribution < 1.29 is 41.4 Å². The van der Waals surface area contributed by atoms with E-state index in [1.807, 2.05) is 13.8 Å². The first-order valence-corrected chi connectivity index (χ1v) is 14.0. The molecule has 1 heterocycles. The number of fused-ring (bicyclic) bond motifs is 3. The summed E-state index contributed by atoms with van der Waals surface area (Å²) >= 11 is 0. The van der Waals surface area contributed by atoms with E-state index >= 15 is 0 Å². The largest absolute Gasteiger partial charge is 0.433 e. The Labute approximate surface area is 253 Å². The van der Waals surface area contributed by atoms with Crippen molar-refractivity contribution in [1.82, 2.24) is 10.6 Å². The van der Waals surface area contributed by atoms with Crippen molar-refractivity contribution in [2.75, 3.05) is 27.4 Å². The van der Waals surface area contributed by atoms with Crippen molar-refractivity contribution in [2.45, 2.75) is 51.3 Å². The first-order chi connectivity index (χ1) is 20.8. The van der Waals surface area contributed by atoms with Crippen LogP contribution in [-0.2, 0) is 10.7 Å². The predicted molar refractivity (Wildman–Crippen MR) is 160 cm³/mol. The summed E-state index contributed by atoms with van der Waals surface area (Å²) < 4.78 is 72.8. The van der Waals surface area contributed by atoms with Crippen LogP contribution in [-0.4, -0.2) is 62.6 Å². The van der Waals surface area contributed by atoms with Crippen LogP contribution < -0.4 is 10.6 Å². The minimum atomic E-state index is -4.50. The van der Waals surface area contributed by atoms with Gasteiger partial charge in [-0.2, -0.15) is 22.0 Å². The minimum Gasteiger partial charge on any atom is -0.400 e. The average Bonchev–Trinajstić information content (AvgIpc) is 3.25. The van der Waals surface area contributed by atoms with Gasteiger partial charge in [0.25, 0.3) is 11.8 Å². The Morgan fingerprint density at radius 3 is 2.34 bits per heavy atom. The lowest BCUT2D eigenvalue weighted by Crippen LogP contribution is -2.36. The lowest BCUT2D eigenvalue weighted by Gasteiger charge is -2.25. The second kappa shape index (κ2) is 16.2. The molecule has 2 aromatic rings. The maximum absolute atomic E-state index is 14.5. The summed E-state index contributed by atoms with van der Waals surface area (Å²) in [6.45, 7) is 8.30. The number of amides is 1. The van der Waals surface area contributed by atoms with Gasteiger partial charge in [0.2, 0.25) is 0 Å². The number of aliphatic hydroxyl groups is 1. The second-order valence-corrected chi connectivity index (χ2v) is 10.0. The van der Waals surface area contributed by atoms with E-state index in [-0.39, 0.29) is 40.0 Å². The number of allylic oxidation sites excluding steroid dienone is 2. The molecule has 0 bridgehead atoms. The summed E-state index contributed by atoms with van der Waals surface area (Å²) in [4.78, 5) is 26.1. The first-order valence-electron chi connectivity index (χ1n) is 14.0. The number of nitrogens with one attached hydrogen (secondary N) is 2. The fraction of sp³-hybridized carbons (Fsp3) is 0.406. The Kier molecular flexibility index (Phi) is 13.4. The summed E-state index contributed by atoms with van der Waals surface area (Å²) in [6.07, 6.45) is 1.09. The summed E-state index contributed by atoms with van der Waals surface area (Å²) in [6, 6.07) is 8.44. The summed E-state index contributed by atoms with van der Waals surface area (Å²) in [7, 11) is 2.44. The highest BCUT2D eigenvalue weighted by Crippen LogP contribution is 2.51. The van der Waals surface area contributed by atoms with E-state index in [0.29, 0.717) is 30.6 Å². The molecular weight excluding hydrogens is 585 g/mol. The Morgan fingerprint density at radius 1 is 1.18 bits per heavy atom. The van der Waals surface area contributed by atoms with Gasteiger partial charge in [-0.1, -0.05) is 38.6 Å². The predicted octanol–water partition coefficient (Wildman–Crippen LogP) is 6.42. The maximum atomic E-state index is 14.5. The fourth-order valence-electron chi connectivity index (χ4n) is 4.52. The molecule has 1 amide bonds. The molecule has 1 saturated heterocycles. The zero-order valence-electron chi connectivity index (χ0n) is 25.1. The highest BCUT2D eigenvalue weighted by molar-refractivity contribution is 5.99. The molecule has 7 nitrogen and oxygen atoms in total. The number of benzene rings is 2. The molecule has 4 rings (SSSR count). The zero-order chi connectivity index (χ0) is 33.1. The van der Waals surface area contributed by atoms with Crippen molar-refractivity contribution in [2.24, 2.45) is 10.9 Å². The van der Waals surface area contributed by atoms with Gasteiger partial charge in [-0.05, 0) is 66.7 Å². The van der Waals surface area contributed by atoms with Crippen LogP contribution in [0.4, 0.5) is 22.0 Å². The van der Waals surface area contributed by atoms with Crippen molar-refractivity contribution in [3.05, 3.63) is 83.2 Å². The number of carbonyl (C=O) groups excluding carboxylic acids is 2. The van der Waals surface area contributed by atoms with E-state index in [1.54, 1.807) is 6.08 Å². The van der Waals surface area contributed by atoms with E-state index in [2.05, 4.69) is 22.2 Å². The summed E-state index contributed by atoms with van der Waals surface area (Å²) in [5.41, 5.74) is -0.227. The molecular formula is C32H38F5N3O4. The number of halogens is 5. The van der Waals surface area contributed by atoms with Crippen molar-refractivity contribution in [1.29, 1.82) is 0 Å². The maximum Gasteiger partial charge on any atom is 0.433 e. The van der Waals surface area contributed by atoms with E-state index in [0.717, 1.165) is 32.4 Å². The SMILES string of the molecule is C=C/C(=N\C(=C/C(C)CC)NC1CCCOC1)C(F)(F)F.CNC(=O)c1ccc2c(c1)C(F)(F)c1cc(C=O)ccc1-2.CO. The number of alkyl halides is 5. The van der Waals surface area contributed by atoms with Gasteiger partial charge in [-0.25, -0.2) is 4.99 Å². The smallest absolute Gasteiger partial charge is 0.400 e. The van der Waals surface area contributed by atoms with Gasteiger partial charge in [0.1, 0.15) is 17.8 Å². The van der Waals surface area contributed by atoms with Crippen molar-refractivity contribution in [3.8, 4) is 11.1 Å². The van der Waals surface area contributed by atoms with Crippen LogP contribution in [0, 0.1) is 5.92 Å². The topological polar surface area (TPSA) is 100 Å². The van der Waals surface area contributed by atoms with Gasteiger partial charge >= 0.3 is 6.18 Å². The van der Waals surface area contributed by atoms with Gasteiger partial charge in [0.15, 0.2) is 0 Å². The van der Waals surface area contributed by atoms with Gasteiger partial charge in [0.05, 0.1) is 12.6 Å². The Balaban J connectivity index is 0.000000291. The van der Waals surface area contributed by atoms with E-state index in [4.69, 9.17) is 9.84 Å². The third-order valence-corrected chi connectivity index (χ3v) is 6.98. The third-order valence-electron chi connectivity index (χ3n) is 6.98. The number of aliphatic imine (C=N–C) groups is 1. The average molecular weight is 624 g/mol. The number of aliphatic hydroxyl groups excluding tert-OH is 1. The molecule has 0 saturated carbocycles. The molecule has 0 spiro atoms. The number of aldehydes is 1. The van der Waals surface area contributed by atoms with Crippen LogP contribution in [0.3, 0.4) is 0 Å². The molecule has 3 N–H and O–H groups in total. The molecule has 240 valence electrons. The number of hydrogen-bond acceptors (Lipinski definition) is 6. The quantitative estimate of drug-likeness (QED) is 0.179. The molecule has 2 atom stereocenters. The molecule has 0 radical (unpaired) electrons. The van der Waals surface area contributed by atoms with Crippen LogP contribution in [0.1, 0.15) is 65.0 Å². The third kappa shape index (κ3) is 9.06. The molecule has 0 aromatic heterocycles. The minimum absolute atomic E-state index is 0.00268. The molecule has 2 aromatic carbocycles. The molecule has 1 fully saturated rings. The highest BCUT2D eigenvalue weighted by atomic mass is 19.4. The highest BCUT2D eigenvalue weighted by Gasteiger charge is 2.44. The Hall–Kier alpha value is -3.90. The zero-order valence-corrected chi connectivity index (χ0v) is 25.1. The fourth-order valence-corrected chi connectivity index (χ4v) is 4.52. The lowest BCUT2D eigenvalue weighted by atomic mass is 10.0. The molecule has 1 aliphatic carbocycles. The normalized spacial score (nSPS) is 17.8. The number of rotatable bonds is 8. The molecule has 44 heavy (non-hydrogen) atoms. The van der Waals surface area contributed by atoms with Crippen molar-refractivity contribution >= 4 is 17.9 Å². The van der Waals surface area contributed by atoms with Crippen LogP contribution in [0.2, 0.25) is 0 Å². The van der Waals surface area contributed by atoms with E-state index in [9.17, 15) is 31.5 Å². The van der Waals surface area contributed by atoms with Gasteiger partial charge in [-0.3, -0.25) is 9.59 Å².